The normalized spacial score (nSPS) is 10.5. The van der Waals surface area contributed by atoms with Crippen molar-refractivity contribution in [3.63, 3.8) is 0 Å². The van der Waals surface area contributed by atoms with Crippen LogP contribution in [0.2, 0.25) is 0 Å². The molecule has 2 heteroatoms. The van der Waals surface area contributed by atoms with Crippen LogP contribution in [-0.2, 0) is 6.42 Å². The number of aromatic nitrogens is 1. The van der Waals surface area contributed by atoms with Crippen LogP contribution >= 0.6 is 12.4 Å². The lowest BCUT2D eigenvalue weighted by molar-refractivity contribution is 0.543. The average molecular weight is 326 g/mol. The van der Waals surface area contributed by atoms with Gasteiger partial charge in [-0.05, 0) is 37.5 Å². The third kappa shape index (κ3) is 12.0. The lowest BCUT2D eigenvalue weighted by Crippen LogP contribution is -1.91. The Kier molecular flexibility index (Phi) is 14.9. The van der Waals surface area contributed by atoms with Crippen molar-refractivity contribution in [3.05, 3.63) is 29.6 Å². The fourth-order valence-corrected chi connectivity index (χ4v) is 2.88. The molecule has 0 amide bonds. The first-order chi connectivity index (χ1) is 10.3. The number of unbranched alkanes of at least 4 members (excludes halogenated alkanes) is 11. The Hall–Kier alpha value is -0.560. The molecule has 22 heavy (non-hydrogen) atoms. The fourth-order valence-electron chi connectivity index (χ4n) is 2.88. The van der Waals surface area contributed by atoms with Gasteiger partial charge in [-0.25, -0.2) is 0 Å². The minimum atomic E-state index is 0. The van der Waals surface area contributed by atoms with Crippen molar-refractivity contribution in [2.75, 3.05) is 0 Å². The molecule has 0 aromatic carbocycles. The third-order valence-electron chi connectivity index (χ3n) is 4.26. The molecule has 1 aromatic rings. The second-order valence-electron chi connectivity index (χ2n) is 6.46. The summed E-state index contributed by atoms with van der Waals surface area (Å²) in [5, 5.41) is 0. The third-order valence-corrected chi connectivity index (χ3v) is 4.26. The van der Waals surface area contributed by atoms with Crippen LogP contribution in [0.1, 0.15) is 95.2 Å². The molecule has 1 nitrogen and oxygen atoms in total. The minimum absolute atomic E-state index is 0. The van der Waals surface area contributed by atoms with Crippen LogP contribution in [0.5, 0.6) is 0 Å². The minimum Gasteiger partial charge on any atom is -0.261 e. The zero-order chi connectivity index (χ0) is 15.2. The van der Waals surface area contributed by atoms with Gasteiger partial charge in [0.2, 0.25) is 0 Å². The van der Waals surface area contributed by atoms with Crippen LogP contribution in [-0.4, -0.2) is 4.98 Å². The van der Waals surface area contributed by atoms with Crippen LogP contribution in [0.3, 0.4) is 0 Å². The molecule has 0 bridgehead atoms. The quantitative estimate of drug-likeness (QED) is 0.354. The number of aryl methyl sites for hydroxylation is 2. The maximum atomic E-state index is 4.43. The van der Waals surface area contributed by atoms with Crippen LogP contribution < -0.4 is 0 Å². The van der Waals surface area contributed by atoms with Gasteiger partial charge in [0, 0.05) is 11.9 Å². The van der Waals surface area contributed by atoms with Gasteiger partial charge in [-0.15, -0.1) is 12.4 Å². The maximum Gasteiger partial charge on any atom is 0.0406 e. The topological polar surface area (TPSA) is 12.9 Å². The van der Waals surface area contributed by atoms with E-state index in [2.05, 4.69) is 31.0 Å². The van der Waals surface area contributed by atoms with Crippen LogP contribution in [0.15, 0.2) is 18.3 Å². The standard InChI is InChI=1S/C20H35N.ClH/c1-3-4-5-6-7-8-9-10-11-12-13-14-15-20-18-19(2)16-17-21-20;/h16-18H,3-15H2,1-2H3;1H. The van der Waals surface area contributed by atoms with Crippen molar-refractivity contribution in [2.24, 2.45) is 0 Å². The second kappa shape index (κ2) is 15.3. The molecule has 0 aliphatic heterocycles. The molecular weight excluding hydrogens is 290 g/mol. The Balaban J connectivity index is 0.00000441. The number of pyridine rings is 1. The molecule has 0 unspecified atom stereocenters. The summed E-state index contributed by atoms with van der Waals surface area (Å²) in [5.74, 6) is 0. The number of rotatable bonds is 13. The predicted octanol–water partition coefficient (Wildman–Crippen LogP) is 7.06. The Morgan fingerprint density at radius 3 is 1.77 bits per heavy atom. The Morgan fingerprint density at radius 1 is 0.773 bits per heavy atom. The van der Waals surface area contributed by atoms with E-state index in [1.165, 1.54) is 88.3 Å². The molecule has 0 spiro atoms. The van der Waals surface area contributed by atoms with E-state index in [1.807, 2.05) is 6.20 Å². The molecule has 0 radical (unpaired) electrons. The Morgan fingerprint density at radius 2 is 1.27 bits per heavy atom. The molecule has 1 rings (SSSR count). The number of hydrogen-bond acceptors (Lipinski definition) is 1. The molecule has 0 saturated heterocycles. The summed E-state index contributed by atoms with van der Waals surface area (Å²) in [6.45, 7) is 4.43. The lowest BCUT2D eigenvalue weighted by atomic mass is 10.0. The second-order valence-corrected chi connectivity index (χ2v) is 6.46. The first kappa shape index (κ1) is 21.4. The van der Waals surface area contributed by atoms with Gasteiger partial charge in [0.15, 0.2) is 0 Å². The summed E-state index contributed by atoms with van der Waals surface area (Å²) < 4.78 is 0. The highest BCUT2D eigenvalue weighted by molar-refractivity contribution is 5.85. The van der Waals surface area contributed by atoms with Gasteiger partial charge in [-0.1, -0.05) is 77.6 Å². The molecule has 0 saturated carbocycles. The summed E-state index contributed by atoms with van der Waals surface area (Å²) in [5.41, 5.74) is 2.60. The number of nitrogens with zero attached hydrogens (tertiary/aromatic N) is 1. The SMILES string of the molecule is CCCCCCCCCCCCCCc1cc(C)ccn1.Cl. The van der Waals surface area contributed by atoms with E-state index >= 15 is 0 Å². The molecule has 0 atom stereocenters. The van der Waals surface area contributed by atoms with Crippen molar-refractivity contribution in [1.29, 1.82) is 0 Å². The zero-order valence-corrected chi connectivity index (χ0v) is 15.6. The van der Waals surface area contributed by atoms with E-state index in [4.69, 9.17) is 0 Å². The van der Waals surface area contributed by atoms with E-state index in [0.29, 0.717) is 0 Å². The molecule has 128 valence electrons. The highest BCUT2D eigenvalue weighted by Crippen LogP contribution is 2.13. The first-order valence-electron chi connectivity index (χ1n) is 9.24. The van der Waals surface area contributed by atoms with Crippen molar-refractivity contribution in [2.45, 2.75) is 97.3 Å². The van der Waals surface area contributed by atoms with Crippen molar-refractivity contribution < 1.29 is 0 Å². The van der Waals surface area contributed by atoms with Gasteiger partial charge in [0.25, 0.3) is 0 Å². The van der Waals surface area contributed by atoms with Gasteiger partial charge in [0.1, 0.15) is 0 Å². The molecule has 0 N–H and O–H groups in total. The van der Waals surface area contributed by atoms with E-state index < -0.39 is 0 Å². The van der Waals surface area contributed by atoms with Gasteiger partial charge in [0.05, 0.1) is 0 Å². The Bertz CT molecular complexity index is 351. The Labute approximate surface area is 144 Å². The zero-order valence-electron chi connectivity index (χ0n) is 14.8. The van der Waals surface area contributed by atoms with Gasteiger partial charge in [-0.2, -0.15) is 0 Å². The first-order valence-corrected chi connectivity index (χ1v) is 9.24. The monoisotopic (exact) mass is 325 g/mol. The molecule has 0 aliphatic rings. The summed E-state index contributed by atoms with van der Waals surface area (Å²) in [6.07, 6.45) is 20.1. The predicted molar refractivity (Wildman–Crippen MR) is 101 cm³/mol. The van der Waals surface area contributed by atoms with E-state index in [9.17, 15) is 0 Å². The molecule has 0 aliphatic carbocycles. The van der Waals surface area contributed by atoms with E-state index in [1.54, 1.807) is 0 Å². The molecular formula is C20H36ClN. The molecule has 0 fully saturated rings. The van der Waals surface area contributed by atoms with Gasteiger partial charge in [-0.3, -0.25) is 4.98 Å². The summed E-state index contributed by atoms with van der Waals surface area (Å²) in [4.78, 5) is 4.43. The van der Waals surface area contributed by atoms with Crippen molar-refractivity contribution >= 4 is 12.4 Å². The van der Waals surface area contributed by atoms with Crippen LogP contribution in [0, 0.1) is 6.92 Å². The van der Waals surface area contributed by atoms with Crippen LogP contribution in [0.4, 0.5) is 0 Å². The summed E-state index contributed by atoms with van der Waals surface area (Å²) >= 11 is 0. The average Bonchev–Trinajstić information content (AvgIpc) is 2.48. The van der Waals surface area contributed by atoms with Crippen LogP contribution in [0.25, 0.3) is 0 Å². The highest BCUT2D eigenvalue weighted by atomic mass is 35.5. The maximum absolute atomic E-state index is 4.43. The van der Waals surface area contributed by atoms with Gasteiger partial charge < -0.3 is 0 Å². The molecule has 1 aromatic heterocycles. The summed E-state index contributed by atoms with van der Waals surface area (Å²) in [7, 11) is 0. The largest absolute Gasteiger partial charge is 0.261 e. The van der Waals surface area contributed by atoms with E-state index in [-0.39, 0.29) is 12.4 Å². The smallest absolute Gasteiger partial charge is 0.0406 e. The highest BCUT2D eigenvalue weighted by Gasteiger charge is 1.96. The lowest BCUT2D eigenvalue weighted by Gasteiger charge is -2.03. The van der Waals surface area contributed by atoms with Crippen molar-refractivity contribution in [3.8, 4) is 0 Å². The van der Waals surface area contributed by atoms with Crippen molar-refractivity contribution in [1.82, 2.24) is 4.98 Å². The number of hydrogen-bond donors (Lipinski definition) is 0. The van der Waals surface area contributed by atoms with E-state index in [0.717, 1.165) is 6.42 Å². The van der Waals surface area contributed by atoms with Gasteiger partial charge >= 0.3 is 0 Å². The number of halogens is 1. The molecule has 1 heterocycles. The summed E-state index contributed by atoms with van der Waals surface area (Å²) in [6, 6.07) is 4.30. The fraction of sp³-hybridized carbons (Fsp3) is 0.750.